The molecule has 0 aromatic heterocycles. The van der Waals surface area contributed by atoms with Gasteiger partial charge in [-0.2, -0.15) is 0 Å². The zero-order valence-corrected chi connectivity index (χ0v) is 11.1. The van der Waals surface area contributed by atoms with Gasteiger partial charge in [-0.1, -0.05) is 51.0 Å². The van der Waals surface area contributed by atoms with E-state index in [1.54, 1.807) is 7.11 Å². The fourth-order valence-corrected chi connectivity index (χ4v) is 1.89. The first-order valence-electron chi connectivity index (χ1n) is 6.39. The summed E-state index contributed by atoms with van der Waals surface area (Å²) in [6.45, 7) is 5.06. The molecule has 0 heterocycles. The zero-order valence-electron chi connectivity index (χ0n) is 11.1. The second-order valence-electron chi connectivity index (χ2n) is 5.02. The van der Waals surface area contributed by atoms with Crippen molar-refractivity contribution >= 4 is 0 Å². The van der Waals surface area contributed by atoms with Crippen LogP contribution in [0, 0.1) is 5.92 Å². The van der Waals surface area contributed by atoms with Crippen LogP contribution in [0.3, 0.4) is 0 Å². The highest BCUT2D eigenvalue weighted by atomic mass is 16.5. The van der Waals surface area contributed by atoms with Crippen molar-refractivity contribution in [1.82, 2.24) is 0 Å². The summed E-state index contributed by atoms with van der Waals surface area (Å²) in [6, 6.07) is 8.03. The van der Waals surface area contributed by atoms with Gasteiger partial charge in [-0.25, -0.2) is 0 Å². The van der Waals surface area contributed by atoms with E-state index in [1.807, 2.05) is 24.3 Å². The maximum atomic E-state index is 10.0. The number of benzene rings is 1. The van der Waals surface area contributed by atoms with E-state index in [2.05, 4.69) is 13.8 Å². The molecule has 1 rings (SSSR count). The largest absolute Gasteiger partial charge is 0.388 e. The molecule has 0 aliphatic heterocycles. The summed E-state index contributed by atoms with van der Waals surface area (Å²) < 4.78 is 5.06. The maximum absolute atomic E-state index is 10.0. The first-order chi connectivity index (χ1) is 8.13. The Hall–Kier alpha value is -0.860. The van der Waals surface area contributed by atoms with Gasteiger partial charge in [0.2, 0.25) is 0 Å². The Morgan fingerprint density at radius 1 is 1.12 bits per heavy atom. The highest BCUT2D eigenvalue weighted by Gasteiger charge is 2.07. The summed E-state index contributed by atoms with van der Waals surface area (Å²) in [5, 5.41) is 10.0. The highest BCUT2D eigenvalue weighted by molar-refractivity contribution is 5.23. The Morgan fingerprint density at radius 3 is 2.29 bits per heavy atom. The Balaban J connectivity index is 2.43. The molecule has 0 aliphatic rings. The molecule has 0 amide bonds. The van der Waals surface area contributed by atoms with Gasteiger partial charge in [0.25, 0.3) is 0 Å². The fraction of sp³-hybridized carbons (Fsp3) is 0.600. The minimum absolute atomic E-state index is 0.328. The molecular formula is C15H24O2. The monoisotopic (exact) mass is 236 g/mol. The lowest BCUT2D eigenvalue weighted by Gasteiger charge is -2.12. The quantitative estimate of drug-likeness (QED) is 0.782. The Kier molecular flexibility index (Phi) is 6.23. The van der Waals surface area contributed by atoms with Gasteiger partial charge >= 0.3 is 0 Å². The molecular weight excluding hydrogens is 212 g/mol. The van der Waals surface area contributed by atoms with E-state index in [-0.39, 0.29) is 6.10 Å². The number of hydrogen-bond acceptors (Lipinski definition) is 2. The van der Waals surface area contributed by atoms with Gasteiger partial charge in [0, 0.05) is 7.11 Å². The van der Waals surface area contributed by atoms with Crippen LogP contribution in [0.15, 0.2) is 24.3 Å². The van der Waals surface area contributed by atoms with Crippen LogP contribution < -0.4 is 0 Å². The van der Waals surface area contributed by atoms with E-state index < -0.39 is 0 Å². The summed E-state index contributed by atoms with van der Waals surface area (Å²) in [6.07, 6.45) is 2.78. The molecule has 0 spiro atoms. The molecule has 0 bridgehead atoms. The van der Waals surface area contributed by atoms with Gasteiger partial charge in [-0.15, -0.1) is 0 Å². The summed E-state index contributed by atoms with van der Waals surface area (Å²) in [5.74, 6) is 0.714. The molecule has 0 saturated heterocycles. The second kappa shape index (κ2) is 7.46. The fourth-order valence-electron chi connectivity index (χ4n) is 1.89. The van der Waals surface area contributed by atoms with Crippen molar-refractivity contribution in [2.75, 3.05) is 7.11 Å². The Morgan fingerprint density at radius 2 is 1.76 bits per heavy atom. The number of hydrogen-bond donors (Lipinski definition) is 1. The summed E-state index contributed by atoms with van der Waals surface area (Å²) in [7, 11) is 1.69. The molecule has 1 N–H and O–H groups in total. The van der Waals surface area contributed by atoms with Crippen molar-refractivity contribution in [3.8, 4) is 0 Å². The lowest BCUT2D eigenvalue weighted by Crippen LogP contribution is -1.99. The summed E-state index contributed by atoms with van der Waals surface area (Å²) >= 11 is 0. The number of ether oxygens (including phenoxy) is 1. The molecule has 1 unspecified atom stereocenters. The van der Waals surface area contributed by atoms with Crippen LogP contribution >= 0.6 is 0 Å². The van der Waals surface area contributed by atoms with Gasteiger partial charge in [0.15, 0.2) is 0 Å². The summed E-state index contributed by atoms with van der Waals surface area (Å²) in [4.78, 5) is 0. The van der Waals surface area contributed by atoms with Crippen molar-refractivity contribution in [1.29, 1.82) is 0 Å². The van der Waals surface area contributed by atoms with E-state index in [0.29, 0.717) is 12.5 Å². The number of aliphatic hydroxyl groups excluding tert-OH is 1. The smallest absolute Gasteiger partial charge is 0.0790 e. The van der Waals surface area contributed by atoms with Crippen LogP contribution in [-0.2, 0) is 11.3 Å². The van der Waals surface area contributed by atoms with Crippen LogP contribution in [0.4, 0.5) is 0 Å². The van der Waals surface area contributed by atoms with Crippen LogP contribution in [0.2, 0.25) is 0 Å². The third-order valence-electron chi connectivity index (χ3n) is 2.93. The molecule has 1 aromatic carbocycles. The third-order valence-corrected chi connectivity index (χ3v) is 2.93. The van der Waals surface area contributed by atoms with Crippen LogP contribution in [0.25, 0.3) is 0 Å². The molecule has 2 heteroatoms. The van der Waals surface area contributed by atoms with Gasteiger partial charge < -0.3 is 9.84 Å². The maximum Gasteiger partial charge on any atom is 0.0790 e. The lowest BCUT2D eigenvalue weighted by atomic mass is 9.99. The molecule has 0 aliphatic carbocycles. The first-order valence-corrected chi connectivity index (χ1v) is 6.39. The van der Waals surface area contributed by atoms with E-state index in [4.69, 9.17) is 4.74 Å². The molecule has 1 atom stereocenters. The van der Waals surface area contributed by atoms with Crippen molar-refractivity contribution < 1.29 is 9.84 Å². The average molecular weight is 236 g/mol. The molecule has 17 heavy (non-hydrogen) atoms. The number of aliphatic hydroxyl groups is 1. The van der Waals surface area contributed by atoms with Crippen LogP contribution in [-0.4, -0.2) is 12.2 Å². The van der Waals surface area contributed by atoms with E-state index in [1.165, 1.54) is 6.42 Å². The predicted octanol–water partition coefficient (Wildman–Crippen LogP) is 3.69. The SMILES string of the molecule is COCc1ccc(C(O)CCCC(C)C)cc1. The number of rotatable bonds is 7. The van der Waals surface area contributed by atoms with E-state index in [0.717, 1.165) is 24.0 Å². The van der Waals surface area contributed by atoms with Crippen molar-refractivity contribution in [3.05, 3.63) is 35.4 Å². The topological polar surface area (TPSA) is 29.5 Å². The van der Waals surface area contributed by atoms with Gasteiger partial charge in [-0.3, -0.25) is 0 Å². The molecule has 96 valence electrons. The molecule has 2 nitrogen and oxygen atoms in total. The van der Waals surface area contributed by atoms with Crippen LogP contribution in [0.1, 0.15) is 50.3 Å². The minimum atomic E-state index is -0.328. The molecule has 0 radical (unpaired) electrons. The molecule has 1 aromatic rings. The van der Waals surface area contributed by atoms with E-state index >= 15 is 0 Å². The van der Waals surface area contributed by atoms with Crippen LogP contribution in [0.5, 0.6) is 0 Å². The van der Waals surface area contributed by atoms with Crippen molar-refractivity contribution in [3.63, 3.8) is 0 Å². The minimum Gasteiger partial charge on any atom is -0.388 e. The number of methoxy groups -OCH3 is 1. The second-order valence-corrected chi connectivity index (χ2v) is 5.02. The van der Waals surface area contributed by atoms with E-state index in [9.17, 15) is 5.11 Å². The standard InChI is InChI=1S/C15H24O2/c1-12(2)5-4-6-15(16)14-9-7-13(8-10-14)11-17-3/h7-10,12,15-16H,4-6,11H2,1-3H3. The highest BCUT2D eigenvalue weighted by Crippen LogP contribution is 2.21. The lowest BCUT2D eigenvalue weighted by molar-refractivity contribution is 0.161. The Bertz CT molecular complexity index is 303. The van der Waals surface area contributed by atoms with Gasteiger partial charge in [0.05, 0.1) is 12.7 Å². The molecule has 0 fully saturated rings. The third kappa shape index (κ3) is 5.33. The average Bonchev–Trinajstić information content (AvgIpc) is 2.30. The van der Waals surface area contributed by atoms with Gasteiger partial charge in [0.1, 0.15) is 0 Å². The zero-order chi connectivity index (χ0) is 12.7. The summed E-state index contributed by atoms with van der Waals surface area (Å²) in [5.41, 5.74) is 2.15. The molecule has 0 saturated carbocycles. The Labute approximate surface area is 105 Å². The van der Waals surface area contributed by atoms with Gasteiger partial charge in [-0.05, 0) is 23.5 Å². The van der Waals surface area contributed by atoms with Crippen molar-refractivity contribution in [2.24, 2.45) is 5.92 Å². The first kappa shape index (κ1) is 14.2. The predicted molar refractivity (Wildman–Crippen MR) is 70.8 cm³/mol. The van der Waals surface area contributed by atoms with Crippen molar-refractivity contribution in [2.45, 2.75) is 45.8 Å². The normalized spacial score (nSPS) is 13.0.